The minimum Gasteiger partial charge on any atom is -0.337 e. The fourth-order valence-corrected chi connectivity index (χ4v) is 3.78. The summed E-state index contributed by atoms with van der Waals surface area (Å²) in [6.45, 7) is 5.53. The molecule has 1 aliphatic rings. The number of benzene rings is 1. The van der Waals surface area contributed by atoms with Crippen molar-refractivity contribution in [2.75, 3.05) is 13.1 Å². The second-order valence-electron chi connectivity index (χ2n) is 6.85. The number of nitrogens with zero attached hydrogens (tertiary/aromatic N) is 5. The molecule has 3 aromatic rings. The first-order valence-corrected chi connectivity index (χ1v) is 8.76. The van der Waals surface area contributed by atoms with Gasteiger partial charge in [-0.05, 0) is 44.9 Å². The molecule has 0 saturated carbocycles. The lowest BCUT2D eigenvalue weighted by Gasteiger charge is -2.34. The molecule has 0 radical (unpaired) electrons. The number of fused-ring (bicyclic) bond motifs is 1. The smallest absolute Gasteiger partial charge is 0.254 e. The van der Waals surface area contributed by atoms with Gasteiger partial charge in [0, 0.05) is 38.1 Å². The molecule has 1 atom stereocenters. The molecule has 4 rings (SSSR count). The van der Waals surface area contributed by atoms with Crippen molar-refractivity contribution in [2.45, 2.75) is 32.7 Å². The summed E-state index contributed by atoms with van der Waals surface area (Å²) < 4.78 is 4.23. The highest BCUT2D eigenvalue weighted by atomic mass is 16.2. The molecule has 1 fully saturated rings. The zero-order valence-electron chi connectivity index (χ0n) is 14.9. The van der Waals surface area contributed by atoms with Gasteiger partial charge in [-0.1, -0.05) is 0 Å². The van der Waals surface area contributed by atoms with Crippen LogP contribution in [-0.2, 0) is 7.05 Å². The summed E-state index contributed by atoms with van der Waals surface area (Å²) in [4.78, 5) is 23.8. The van der Waals surface area contributed by atoms with Gasteiger partial charge in [0.25, 0.3) is 5.91 Å². The number of carbonyl (C=O) groups excluding carboxylic acids is 1. The number of hydrogen-bond donors (Lipinski definition) is 0. The Hall–Kier alpha value is -2.63. The number of imidazole rings is 2. The first-order chi connectivity index (χ1) is 12.0. The average Bonchev–Trinajstić information content (AvgIpc) is 3.17. The summed E-state index contributed by atoms with van der Waals surface area (Å²) in [6.07, 6.45) is 5.93. The van der Waals surface area contributed by atoms with Gasteiger partial charge in [-0.3, -0.25) is 4.79 Å². The number of hydrogen-bond acceptors (Lipinski definition) is 3. The summed E-state index contributed by atoms with van der Waals surface area (Å²) in [6, 6.07) is 6.12. The van der Waals surface area contributed by atoms with Crippen molar-refractivity contribution < 1.29 is 4.79 Å². The van der Waals surface area contributed by atoms with Crippen LogP contribution in [-0.4, -0.2) is 43.0 Å². The van der Waals surface area contributed by atoms with Crippen LogP contribution >= 0.6 is 0 Å². The minimum atomic E-state index is 0.0904. The normalized spacial score (nSPS) is 18.0. The third-order valence-electron chi connectivity index (χ3n) is 5.29. The van der Waals surface area contributed by atoms with Gasteiger partial charge in [-0.15, -0.1) is 0 Å². The zero-order valence-corrected chi connectivity index (χ0v) is 14.9. The molecule has 0 bridgehead atoms. The molecule has 1 aliphatic heterocycles. The standard InChI is InChI=1S/C19H23N5O/c1-13-20-8-10-24(13)16-5-4-9-23(12-16)19(25)15-6-7-18-17(11-15)21-14(2)22(18)3/h6-8,10-11,16H,4-5,9,12H2,1-3H3/t16-/m1/s1. The maximum absolute atomic E-state index is 13.0. The molecular formula is C19H23N5O. The van der Waals surface area contributed by atoms with Gasteiger partial charge >= 0.3 is 0 Å². The molecule has 1 aromatic carbocycles. The molecule has 3 heterocycles. The van der Waals surface area contributed by atoms with E-state index >= 15 is 0 Å². The van der Waals surface area contributed by atoms with Crippen molar-refractivity contribution in [2.24, 2.45) is 7.05 Å². The second kappa shape index (κ2) is 6.02. The Labute approximate surface area is 147 Å². The van der Waals surface area contributed by atoms with Gasteiger partial charge in [0.2, 0.25) is 0 Å². The minimum absolute atomic E-state index is 0.0904. The first kappa shape index (κ1) is 15.9. The van der Waals surface area contributed by atoms with Crippen LogP contribution in [0.25, 0.3) is 11.0 Å². The van der Waals surface area contributed by atoms with Crippen LogP contribution in [0.5, 0.6) is 0 Å². The first-order valence-electron chi connectivity index (χ1n) is 8.76. The van der Waals surface area contributed by atoms with Crippen molar-refractivity contribution in [1.29, 1.82) is 0 Å². The molecule has 0 aliphatic carbocycles. The van der Waals surface area contributed by atoms with Gasteiger partial charge in [0.1, 0.15) is 11.6 Å². The van der Waals surface area contributed by atoms with E-state index in [4.69, 9.17) is 0 Å². The molecule has 0 N–H and O–H groups in total. The second-order valence-corrected chi connectivity index (χ2v) is 6.85. The van der Waals surface area contributed by atoms with Crippen molar-refractivity contribution in [1.82, 2.24) is 24.0 Å². The lowest BCUT2D eigenvalue weighted by atomic mass is 10.0. The Morgan fingerprint density at radius 2 is 2.08 bits per heavy atom. The predicted octanol–water partition coefficient (Wildman–Crippen LogP) is 2.86. The molecule has 130 valence electrons. The fraction of sp³-hybridized carbons (Fsp3) is 0.421. The van der Waals surface area contributed by atoms with E-state index in [9.17, 15) is 4.79 Å². The monoisotopic (exact) mass is 337 g/mol. The highest BCUT2D eigenvalue weighted by Crippen LogP contribution is 2.25. The number of amides is 1. The van der Waals surface area contributed by atoms with Gasteiger partial charge in [0.05, 0.1) is 17.1 Å². The predicted molar refractivity (Wildman–Crippen MR) is 96.6 cm³/mol. The Kier molecular flexibility index (Phi) is 3.82. The number of rotatable bonds is 2. The number of carbonyl (C=O) groups is 1. The SMILES string of the molecule is Cc1nccn1[C@@H]1CCCN(C(=O)c2ccc3c(c2)nc(C)n3C)C1. The Balaban J connectivity index is 1.59. The summed E-state index contributed by atoms with van der Waals surface area (Å²) >= 11 is 0. The largest absolute Gasteiger partial charge is 0.337 e. The number of piperidine rings is 1. The van der Waals surface area contributed by atoms with Gasteiger partial charge < -0.3 is 14.0 Å². The third kappa shape index (κ3) is 2.71. The van der Waals surface area contributed by atoms with Gasteiger partial charge in [-0.25, -0.2) is 9.97 Å². The Bertz CT molecular complexity index is 939. The van der Waals surface area contributed by atoms with E-state index in [-0.39, 0.29) is 5.91 Å². The maximum Gasteiger partial charge on any atom is 0.254 e. The third-order valence-corrected chi connectivity index (χ3v) is 5.29. The molecule has 2 aromatic heterocycles. The summed E-state index contributed by atoms with van der Waals surface area (Å²) in [7, 11) is 1.99. The van der Waals surface area contributed by atoms with Crippen LogP contribution in [0, 0.1) is 13.8 Å². The van der Waals surface area contributed by atoms with Crippen LogP contribution in [0.1, 0.15) is 40.9 Å². The summed E-state index contributed by atoms with van der Waals surface area (Å²) in [5, 5.41) is 0. The molecule has 1 amide bonds. The van der Waals surface area contributed by atoms with Crippen LogP contribution in [0.15, 0.2) is 30.6 Å². The molecule has 6 nitrogen and oxygen atoms in total. The van der Waals surface area contributed by atoms with Crippen molar-refractivity contribution in [3.63, 3.8) is 0 Å². The van der Waals surface area contributed by atoms with Gasteiger partial charge in [-0.2, -0.15) is 0 Å². The fourth-order valence-electron chi connectivity index (χ4n) is 3.78. The van der Waals surface area contributed by atoms with E-state index in [1.54, 1.807) is 0 Å². The van der Waals surface area contributed by atoms with E-state index in [1.807, 2.05) is 61.0 Å². The van der Waals surface area contributed by atoms with E-state index in [2.05, 4.69) is 14.5 Å². The quantitative estimate of drug-likeness (QED) is 0.722. The topological polar surface area (TPSA) is 56.0 Å². The maximum atomic E-state index is 13.0. The zero-order chi connectivity index (χ0) is 17.6. The van der Waals surface area contributed by atoms with Crippen molar-refractivity contribution >= 4 is 16.9 Å². The van der Waals surface area contributed by atoms with Crippen LogP contribution in [0.4, 0.5) is 0 Å². The molecular weight excluding hydrogens is 314 g/mol. The molecule has 6 heteroatoms. The number of aryl methyl sites for hydroxylation is 3. The highest BCUT2D eigenvalue weighted by Gasteiger charge is 2.26. The lowest BCUT2D eigenvalue weighted by Crippen LogP contribution is -2.40. The molecule has 25 heavy (non-hydrogen) atoms. The molecule has 1 saturated heterocycles. The molecule has 0 spiro atoms. The van der Waals surface area contributed by atoms with Crippen molar-refractivity contribution in [3.05, 3.63) is 47.8 Å². The van der Waals surface area contributed by atoms with E-state index in [0.717, 1.165) is 48.6 Å². The Morgan fingerprint density at radius 1 is 1.24 bits per heavy atom. The van der Waals surface area contributed by atoms with E-state index in [0.29, 0.717) is 11.6 Å². The molecule has 0 unspecified atom stereocenters. The van der Waals surface area contributed by atoms with Crippen molar-refractivity contribution in [3.8, 4) is 0 Å². The van der Waals surface area contributed by atoms with Crippen LogP contribution in [0.3, 0.4) is 0 Å². The Morgan fingerprint density at radius 3 is 2.84 bits per heavy atom. The summed E-state index contributed by atoms with van der Waals surface area (Å²) in [5.41, 5.74) is 2.65. The van der Waals surface area contributed by atoms with Crippen LogP contribution in [0.2, 0.25) is 0 Å². The highest BCUT2D eigenvalue weighted by molar-refractivity contribution is 5.97. The van der Waals surface area contributed by atoms with E-state index < -0.39 is 0 Å². The number of aromatic nitrogens is 4. The van der Waals surface area contributed by atoms with E-state index in [1.165, 1.54) is 0 Å². The number of likely N-dealkylation sites (tertiary alicyclic amines) is 1. The van der Waals surface area contributed by atoms with Crippen LogP contribution < -0.4 is 0 Å². The van der Waals surface area contributed by atoms with Gasteiger partial charge in [0.15, 0.2) is 0 Å². The summed E-state index contributed by atoms with van der Waals surface area (Å²) in [5.74, 6) is 2.05. The average molecular weight is 337 g/mol. The lowest BCUT2D eigenvalue weighted by molar-refractivity contribution is 0.0678.